The molecule has 2 aromatic carbocycles. The van der Waals surface area contributed by atoms with Crippen LogP contribution in [-0.2, 0) is 13.1 Å². The highest BCUT2D eigenvalue weighted by Crippen LogP contribution is 2.36. The van der Waals surface area contributed by atoms with Gasteiger partial charge in [0.05, 0.1) is 0 Å². The van der Waals surface area contributed by atoms with E-state index in [0.717, 1.165) is 11.1 Å². The van der Waals surface area contributed by atoms with Crippen LogP contribution in [0.4, 0.5) is 13.2 Å². The Labute approximate surface area is 130 Å². The first kappa shape index (κ1) is 16.2. The summed E-state index contributed by atoms with van der Waals surface area (Å²) in [5, 5.41) is 3.91. The van der Waals surface area contributed by atoms with Crippen molar-refractivity contribution in [2.75, 3.05) is 0 Å². The minimum absolute atomic E-state index is 0.103. The van der Waals surface area contributed by atoms with E-state index < -0.39 is 5.51 Å². The smallest absolute Gasteiger partial charge is 0.309 e. The first-order valence-electron chi connectivity index (χ1n) is 6.22. The van der Waals surface area contributed by atoms with Crippen molar-refractivity contribution in [1.29, 1.82) is 0 Å². The van der Waals surface area contributed by atoms with Crippen LogP contribution in [0.25, 0.3) is 0 Å². The molecule has 2 rings (SSSR count). The summed E-state index contributed by atoms with van der Waals surface area (Å²) in [5.74, 6) is 0. The van der Waals surface area contributed by atoms with E-state index in [0.29, 0.717) is 18.1 Å². The standard InChI is InChI=1S/C15H13ClF3NS/c16-13-3-1-2-12(8-13)10-20-9-11-4-6-14(7-5-11)21-15(17,18)19/h1-8,20H,9-10H2. The normalized spacial score (nSPS) is 11.6. The van der Waals surface area contributed by atoms with E-state index in [2.05, 4.69) is 5.32 Å². The predicted molar refractivity (Wildman–Crippen MR) is 80.3 cm³/mol. The summed E-state index contributed by atoms with van der Waals surface area (Å²) < 4.78 is 36.6. The molecular formula is C15H13ClF3NS. The summed E-state index contributed by atoms with van der Waals surface area (Å²) in [7, 11) is 0. The zero-order chi connectivity index (χ0) is 15.3. The average Bonchev–Trinajstić information content (AvgIpc) is 2.39. The lowest BCUT2D eigenvalue weighted by atomic mass is 10.2. The monoisotopic (exact) mass is 331 g/mol. The Morgan fingerprint density at radius 2 is 1.62 bits per heavy atom. The molecule has 0 aliphatic rings. The number of hydrogen-bond donors (Lipinski definition) is 1. The molecule has 0 heterocycles. The van der Waals surface area contributed by atoms with Crippen molar-refractivity contribution < 1.29 is 13.2 Å². The molecule has 0 atom stereocenters. The molecule has 21 heavy (non-hydrogen) atoms. The van der Waals surface area contributed by atoms with Crippen molar-refractivity contribution in [2.45, 2.75) is 23.5 Å². The van der Waals surface area contributed by atoms with E-state index in [1.807, 2.05) is 24.3 Å². The van der Waals surface area contributed by atoms with Gasteiger partial charge in [0.2, 0.25) is 0 Å². The third-order valence-corrected chi connectivity index (χ3v) is 3.68. The maximum Gasteiger partial charge on any atom is 0.446 e. The lowest BCUT2D eigenvalue weighted by Crippen LogP contribution is -2.12. The minimum Gasteiger partial charge on any atom is -0.309 e. The van der Waals surface area contributed by atoms with E-state index >= 15 is 0 Å². The third kappa shape index (κ3) is 5.99. The van der Waals surface area contributed by atoms with Crippen molar-refractivity contribution in [3.05, 3.63) is 64.7 Å². The van der Waals surface area contributed by atoms with Gasteiger partial charge in [0.1, 0.15) is 0 Å². The van der Waals surface area contributed by atoms with E-state index in [9.17, 15) is 13.2 Å². The molecule has 0 aliphatic heterocycles. The molecule has 0 aromatic heterocycles. The van der Waals surface area contributed by atoms with Gasteiger partial charge in [-0.2, -0.15) is 13.2 Å². The van der Waals surface area contributed by atoms with Crippen LogP contribution in [-0.4, -0.2) is 5.51 Å². The van der Waals surface area contributed by atoms with Gasteiger partial charge in [-0.15, -0.1) is 0 Å². The second-order valence-electron chi connectivity index (χ2n) is 4.43. The Balaban J connectivity index is 1.84. The summed E-state index contributed by atoms with van der Waals surface area (Å²) >= 11 is 5.79. The van der Waals surface area contributed by atoms with E-state index in [4.69, 9.17) is 11.6 Å². The molecule has 0 saturated carbocycles. The first-order valence-corrected chi connectivity index (χ1v) is 7.42. The van der Waals surface area contributed by atoms with Crippen LogP contribution < -0.4 is 5.32 Å². The van der Waals surface area contributed by atoms with Gasteiger partial charge in [0, 0.05) is 23.0 Å². The first-order chi connectivity index (χ1) is 9.92. The Kier molecular flexibility index (Phi) is 5.56. The molecule has 112 valence electrons. The van der Waals surface area contributed by atoms with Crippen LogP contribution in [0.15, 0.2) is 53.4 Å². The fourth-order valence-electron chi connectivity index (χ4n) is 1.81. The molecule has 0 saturated heterocycles. The fraction of sp³-hybridized carbons (Fsp3) is 0.200. The number of thioether (sulfide) groups is 1. The van der Waals surface area contributed by atoms with Crippen LogP contribution in [0, 0.1) is 0 Å². The summed E-state index contributed by atoms with van der Waals surface area (Å²) in [6.45, 7) is 1.24. The van der Waals surface area contributed by atoms with Gasteiger partial charge in [-0.05, 0) is 47.2 Å². The SMILES string of the molecule is FC(F)(F)Sc1ccc(CNCc2cccc(Cl)c2)cc1. The van der Waals surface area contributed by atoms with Gasteiger partial charge in [-0.1, -0.05) is 35.9 Å². The van der Waals surface area contributed by atoms with Gasteiger partial charge in [0.25, 0.3) is 0 Å². The second-order valence-corrected chi connectivity index (χ2v) is 6.00. The topological polar surface area (TPSA) is 12.0 Å². The van der Waals surface area contributed by atoms with Crippen LogP contribution in [0.3, 0.4) is 0 Å². The summed E-state index contributed by atoms with van der Waals surface area (Å²) in [6.07, 6.45) is 0. The van der Waals surface area contributed by atoms with Gasteiger partial charge in [0.15, 0.2) is 0 Å². The minimum atomic E-state index is -4.24. The van der Waals surface area contributed by atoms with Gasteiger partial charge < -0.3 is 5.32 Å². The molecular weight excluding hydrogens is 319 g/mol. The molecule has 1 N–H and O–H groups in total. The van der Waals surface area contributed by atoms with E-state index in [1.165, 1.54) is 12.1 Å². The molecule has 0 amide bonds. The number of alkyl halides is 3. The van der Waals surface area contributed by atoms with E-state index in [1.54, 1.807) is 12.1 Å². The third-order valence-electron chi connectivity index (χ3n) is 2.70. The summed E-state index contributed by atoms with van der Waals surface area (Å²) in [4.78, 5) is 0.195. The van der Waals surface area contributed by atoms with Crippen molar-refractivity contribution in [1.82, 2.24) is 5.32 Å². The molecule has 0 unspecified atom stereocenters. The van der Waals surface area contributed by atoms with Crippen LogP contribution >= 0.6 is 23.4 Å². The Bertz CT molecular complexity index is 584. The fourth-order valence-corrected chi connectivity index (χ4v) is 2.56. The molecule has 0 bridgehead atoms. The number of nitrogens with one attached hydrogen (secondary N) is 1. The highest BCUT2D eigenvalue weighted by Gasteiger charge is 2.28. The van der Waals surface area contributed by atoms with Crippen LogP contribution in [0.2, 0.25) is 5.02 Å². The summed E-state index contributed by atoms with van der Waals surface area (Å²) in [6, 6.07) is 13.9. The molecule has 0 fully saturated rings. The lowest BCUT2D eigenvalue weighted by molar-refractivity contribution is -0.0328. The Morgan fingerprint density at radius 1 is 0.952 bits per heavy atom. The highest BCUT2D eigenvalue weighted by atomic mass is 35.5. The molecule has 1 nitrogen and oxygen atoms in total. The van der Waals surface area contributed by atoms with Crippen LogP contribution in [0.5, 0.6) is 0 Å². The largest absolute Gasteiger partial charge is 0.446 e. The van der Waals surface area contributed by atoms with Crippen molar-refractivity contribution in [3.63, 3.8) is 0 Å². The lowest BCUT2D eigenvalue weighted by Gasteiger charge is -2.08. The molecule has 6 heteroatoms. The van der Waals surface area contributed by atoms with E-state index in [-0.39, 0.29) is 16.7 Å². The van der Waals surface area contributed by atoms with Gasteiger partial charge in [-0.25, -0.2) is 0 Å². The zero-order valence-electron chi connectivity index (χ0n) is 11.0. The number of benzene rings is 2. The number of hydrogen-bond acceptors (Lipinski definition) is 2. The Morgan fingerprint density at radius 3 is 2.24 bits per heavy atom. The van der Waals surface area contributed by atoms with Crippen LogP contribution in [0.1, 0.15) is 11.1 Å². The van der Waals surface area contributed by atoms with Crippen molar-refractivity contribution >= 4 is 23.4 Å². The average molecular weight is 332 g/mol. The quantitative estimate of drug-likeness (QED) is 0.752. The maximum absolute atomic E-state index is 12.2. The van der Waals surface area contributed by atoms with Gasteiger partial charge in [-0.3, -0.25) is 0 Å². The number of rotatable bonds is 5. The van der Waals surface area contributed by atoms with Gasteiger partial charge >= 0.3 is 5.51 Å². The molecule has 0 spiro atoms. The predicted octanol–water partition coefficient (Wildman–Crippen LogP) is 5.24. The maximum atomic E-state index is 12.2. The number of halogens is 4. The Hall–Kier alpha value is -1.17. The molecule has 0 aliphatic carbocycles. The highest BCUT2D eigenvalue weighted by molar-refractivity contribution is 8.00. The summed E-state index contributed by atoms with van der Waals surface area (Å²) in [5.41, 5.74) is -2.25. The molecule has 2 aromatic rings. The van der Waals surface area contributed by atoms with Crippen molar-refractivity contribution in [2.24, 2.45) is 0 Å². The second kappa shape index (κ2) is 7.20. The van der Waals surface area contributed by atoms with Crippen molar-refractivity contribution in [3.8, 4) is 0 Å². The molecule has 0 radical (unpaired) electrons. The zero-order valence-corrected chi connectivity index (χ0v) is 12.5.